The van der Waals surface area contributed by atoms with Crippen molar-refractivity contribution in [3.63, 3.8) is 0 Å². The summed E-state index contributed by atoms with van der Waals surface area (Å²) in [5.41, 5.74) is 0.411. The van der Waals surface area contributed by atoms with Gasteiger partial charge in [0.1, 0.15) is 6.04 Å². The Morgan fingerprint density at radius 2 is 2.16 bits per heavy atom. The van der Waals surface area contributed by atoms with Gasteiger partial charge in [0.2, 0.25) is 0 Å². The van der Waals surface area contributed by atoms with E-state index < -0.39 is 24.4 Å². The van der Waals surface area contributed by atoms with Crippen LogP contribution in [0.1, 0.15) is 19.3 Å². The number of hydrogen-bond donors (Lipinski definition) is 2. The van der Waals surface area contributed by atoms with Crippen molar-refractivity contribution in [2.75, 3.05) is 11.9 Å². The van der Waals surface area contributed by atoms with Gasteiger partial charge in [-0.15, -0.1) is 0 Å². The Bertz CT molecular complexity index is 745. The Morgan fingerprint density at radius 3 is 2.88 bits per heavy atom. The largest absolute Gasteiger partial charge is 0.408 e. The van der Waals surface area contributed by atoms with Crippen LogP contribution in [0, 0.1) is 0 Å². The molecule has 0 spiro atoms. The summed E-state index contributed by atoms with van der Waals surface area (Å²) in [4.78, 5) is 16.0. The molecule has 0 radical (unpaired) electrons. The first kappa shape index (κ1) is 17.5. The molecule has 0 aliphatic carbocycles. The maximum atomic E-state index is 13.2. The molecule has 1 aromatic carbocycles. The number of fused-ring (bicyclic) bond motifs is 1. The van der Waals surface area contributed by atoms with Crippen molar-refractivity contribution in [2.45, 2.75) is 37.6 Å². The predicted molar refractivity (Wildman–Crippen MR) is 87.3 cm³/mol. The molecule has 3 rings (SSSR count). The number of alkyl halides is 3. The Balaban J connectivity index is 1.65. The molecule has 1 aliphatic heterocycles. The van der Waals surface area contributed by atoms with Gasteiger partial charge in [-0.05, 0) is 36.4 Å². The van der Waals surface area contributed by atoms with Crippen LogP contribution in [0.2, 0.25) is 0 Å². The van der Waals surface area contributed by atoms with Crippen LogP contribution in [-0.4, -0.2) is 35.9 Å². The number of halogens is 3. The number of nitrogens with zero attached hydrogens (tertiary/aromatic N) is 1. The third-order valence-corrected chi connectivity index (χ3v) is 4.12. The van der Waals surface area contributed by atoms with E-state index in [1.165, 1.54) is 0 Å². The first-order chi connectivity index (χ1) is 11.9. The van der Waals surface area contributed by atoms with Crippen molar-refractivity contribution in [1.82, 2.24) is 10.3 Å². The maximum absolute atomic E-state index is 13.2. The number of aromatic nitrogens is 1. The molecular formula is C17H18F3N3O2. The molecule has 25 heavy (non-hydrogen) atoms. The molecule has 2 N–H and O–H groups in total. The van der Waals surface area contributed by atoms with Crippen molar-refractivity contribution in [3.05, 3.63) is 36.7 Å². The normalized spacial score (nSPS) is 18.9. The van der Waals surface area contributed by atoms with Crippen molar-refractivity contribution in [3.8, 4) is 0 Å². The van der Waals surface area contributed by atoms with E-state index in [2.05, 4.69) is 10.3 Å². The van der Waals surface area contributed by atoms with Gasteiger partial charge in [0.05, 0.1) is 6.10 Å². The lowest BCUT2D eigenvalue weighted by Crippen LogP contribution is -2.48. The number of benzene rings is 1. The molecule has 8 heteroatoms. The SMILES string of the molecule is O=C(Nc1ccc2cnccc2c1)NC(CC1CCCO1)C(F)(F)F. The number of urea groups is 1. The Morgan fingerprint density at radius 1 is 1.32 bits per heavy atom. The lowest BCUT2D eigenvalue weighted by atomic mass is 10.1. The van der Waals surface area contributed by atoms with Crippen LogP contribution in [0.5, 0.6) is 0 Å². The number of hydrogen-bond acceptors (Lipinski definition) is 3. The van der Waals surface area contributed by atoms with Gasteiger partial charge in [-0.25, -0.2) is 4.79 Å². The Labute approximate surface area is 142 Å². The second-order valence-electron chi connectivity index (χ2n) is 6.00. The summed E-state index contributed by atoms with van der Waals surface area (Å²) in [6.45, 7) is 0.466. The quantitative estimate of drug-likeness (QED) is 0.877. The van der Waals surface area contributed by atoms with E-state index in [-0.39, 0.29) is 6.42 Å². The highest BCUT2D eigenvalue weighted by atomic mass is 19.4. The van der Waals surface area contributed by atoms with Gasteiger partial charge in [0, 0.05) is 36.5 Å². The molecule has 0 bridgehead atoms. The minimum Gasteiger partial charge on any atom is -0.378 e. The molecule has 2 aromatic rings. The van der Waals surface area contributed by atoms with Gasteiger partial charge in [0.25, 0.3) is 0 Å². The zero-order valence-corrected chi connectivity index (χ0v) is 13.3. The van der Waals surface area contributed by atoms with Gasteiger partial charge in [-0.3, -0.25) is 4.98 Å². The van der Waals surface area contributed by atoms with Gasteiger partial charge in [-0.2, -0.15) is 13.2 Å². The van der Waals surface area contributed by atoms with Crippen LogP contribution in [0.25, 0.3) is 10.8 Å². The van der Waals surface area contributed by atoms with Gasteiger partial charge < -0.3 is 15.4 Å². The third-order valence-electron chi connectivity index (χ3n) is 4.12. The summed E-state index contributed by atoms with van der Waals surface area (Å²) < 4.78 is 44.8. The van der Waals surface area contributed by atoms with Crippen molar-refractivity contribution >= 4 is 22.5 Å². The fraction of sp³-hybridized carbons (Fsp3) is 0.412. The average Bonchev–Trinajstić information content (AvgIpc) is 3.06. The molecule has 2 amide bonds. The highest BCUT2D eigenvalue weighted by Gasteiger charge is 2.42. The first-order valence-electron chi connectivity index (χ1n) is 8.01. The van der Waals surface area contributed by atoms with Gasteiger partial charge in [-0.1, -0.05) is 6.07 Å². The molecule has 2 heterocycles. The van der Waals surface area contributed by atoms with E-state index in [0.29, 0.717) is 18.7 Å². The van der Waals surface area contributed by atoms with Crippen molar-refractivity contribution in [2.24, 2.45) is 0 Å². The zero-order valence-electron chi connectivity index (χ0n) is 13.3. The Hall–Kier alpha value is -2.35. The van der Waals surface area contributed by atoms with Crippen LogP contribution in [0.15, 0.2) is 36.7 Å². The van der Waals surface area contributed by atoms with Crippen LogP contribution in [-0.2, 0) is 4.74 Å². The van der Waals surface area contributed by atoms with Gasteiger partial charge in [0.15, 0.2) is 0 Å². The summed E-state index contributed by atoms with van der Waals surface area (Å²) in [6, 6.07) is 3.96. The number of amides is 2. The number of nitrogens with one attached hydrogen (secondary N) is 2. The van der Waals surface area contributed by atoms with Gasteiger partial charge >= 0.3 is 12.2 Å². The zero-order chi connectivity index (χ0) is 17.9. The highest BCUT2D eigenvalue weighted by Crippen LogP contribution is 2.27. The minimum absolute atomic E-state index is 0.277. The summed E-state index contributed by atoms with van der Waals surface area (Å²) in [5, 5.41) is 6.17. The molecule has 2 atom stereocenters. The molecule has 2 unspecified atom stereocenters. The van der Waals surface area contributed by atoms with E-state index in [9.17, 15) is 18.0 Å². The number of ether oxygens (including phenoxy) is 1. The second kappa shape index (κ2) is 7.26. The lowest BCUT2D eigenvalue weighted by molar-refractivity contribution is -0.159. The van der Waals surface area contributed by atoms with E-state index in [1.807, 2.05) is 5.32 Å². The monoisotopic (exact) mass is 353 g/mol. The summed E-state index contributed by atoms with van der Waals surface area (Å²) in [5.74, 6) is 0. The Kier molecular flexibility index (Phi) is 5.08. The minimum atomic E-state index is -4.53. The third kappa shape index (κ3) is 4.60. The van der Waals surface area contributed by atoms with Crippen molar-refractivity contribution < 1.29 is 22.7 Å². The maximum Gasteiger partial charge on any atom is 0.408 e. The molecule has 1 aromatic heterocycles. The number of rotatable bonds is 4. The fourth-order valence-corrected chi connectivity index (χ4v) is 2.85. The number of anilines is 1. The fourth-order valence-electron chi connectivity index (χ4n) is 2.85. The molecule has 5 nitrogen and oxygen atoms in total. The average molecular weight is 353 g/mol. The predicted octanol–water partition coefficient (Wildman–Crippen LogP) is 3.86. The van der Waals surface area contributed by atoms with Crippen molar-refractivity contribution in [1.29, 1.82) is 0 Å². The molecule has 0 saturated carbocycles. The summed E-state index contributed by atoms with van der Waals surface area (Å²) >= 11 is 0. The summed E-state index contributed by atoms with van der Waals surface area (Å²) in [7, 11) is 0. The van der Waals surface area contributed by atoms with Crippen LogP contribution in [0.3, 0.4) is 0 Å². The number of carbonyl (C=O) groups excluding carboxylic acids is 1. The highest BCUT2D eigenvalue weighted by molar-refractivity contribution is 5.93. The first-order valence-corrected chi connectivity index (χ1v) is 8.01. The lowest BCUT2D eigenvalue weighted by Gasteiger charge is -2.24. The van der Waals surface area contributed by atoms with Crippen LogP contribution in [0.4, 0.5) is 23.7 Å². The standard InChI is InChI=1S/C17H18F3N3O2/c18-17(19,20)15(9-14-2-1-7-25-14)23-16(24)22-13-4-3-12-10-21-6-5-11(12)8-13/h3-6,8,10,14-15H,1-2,7,9H2,(H2,22,23,24). The van der Waals surface area contributed by atoms with E-state index in [0.717, 1.165) is 17.2 Å². The van der Waals surface area contributed by atoms with Crippen LogP contribution < -0.4 is 10.6 Å². The molecule has 1 fully saturated rings. The topological polar surface area (TPSA) is 63.2 Å². The van der Waals surface area contributed by atoms with Crippen LogP contribution >= 0.6 is 0 Å². The molecule has 1 saturated heterocycles. The number of pyridine rings is 1. The van der Waals surface area contributed by atoms with E-state index in [1.54, 1.807) is 36.7 Å². The van der Waals surface area contributed by atoms with E-state index >= 15 is 0 Å². The molecular weight excluding hydrogens is 335 g/mol. The smallest absolute Gasteiger partial charge is 0.378 e. The molecule has 134 valence electrons. The second-order valence-corrected chi connectivity index (χ2v) is 6.00. The molecule has 1 aliphatic rings. The van der Waals surface area contributed by atoms with E-state index in [4.69, 9.17) is 4.74 Å². The summed E-state index contributed by atoms with van der Waals surface area (Å²) in [6.07, 6.45) is -0.686. The number of carbonyl (C=O) groups is 1.